The fraction of sp³-hybridized carbons (Fsp3) is 1.00. The molecule has 2 heteroatoms. The molecule has 3 atom stereocenters. The molecule has 1 fully saturated rings. The highest BCUT2D eigenvalue weighted by molar-refractivity contribution is 4.77. The highest BCUT2D eigenvalue weighted by atomic mass is 16.3. The smallest absolute Gasteiger partial charge is 0.0571 e. The van der Waals surface area contributed by atoms with Gasteiger partial charge in [0, 0.05) is 0 Å². The van der Waals surface area contributed by atoms with E-state index in [4.69, 9.17) is 0 Å². The predicted molar refractivity (Wildman–Crippen MR) is 53.4 cm³/mol. The summed E-state index contributed by atoms with van der Waals surface area (Å²) >= 11 is 0. The molecule has 1 aliphatic rings. The largest absolute Gasteiger partial charge is 0.393 e. The van der Waals surface area contributed by atoms with Gasteiger partial charge < -0.3 is 10.2 Å². The standard InChI is InChI=1S/C11H22O2/c1-8(9(2)12)7-11(13)10-5-3-4-6-10/h8-13H,3-7H2,1-2H3. The molecule has 13 heavy (non-hydrogen) atoms. The number of hydrogen-bond acceptors (Lipinski definition) is 2. The first kappa shape index (κ1) is 11.0. The summed E-state index contributed by atoms with van der Waals surface area (Å²) in [7, 11) is 0. The molecule has 1 saturated carbocycles. The van der Waals surface area contributed by atoms with E-state index < -0.39 is 0 Å². The third-order valence-corrected chi connectivity index (χ3v) is 3.38. The van der Waals surface area contributed by atoms with Gasteiger partial charge in [-0.2, -0.15) is 0 Å². The summed E-state index contributed by atoms with van der Waals surface area (Å²) in [5, 5.41) is 19.2. The molecule has 0 bridgehead atoms. The third kappa shape index (κ3) is 3.28. The zero-order valence-corrected chi connectivity index (χ0v) is 8.74. The molecule has 0 aliphatic heterocycles. The van der Waals surface area contributed by atoms with Crippen LogP contribution in [0.25, 0.3) is 0 Å². The zero-order valence-electron chi connectivity index (χ0n) is 8.74. The van der Waals surface area contributed by atoms with Gasteiger partial charge in [-0.3, -0.25) is 0 Å². The second-order valence-corrected chi connectivity index (χ2v) is 4.57. The lowest BCUT2D eigenvalue weighted by atomic mass is 9.90. The molecule has 0 aromatic rings. The van der Waals surface area contributed by atoms with Gasteiger partial charge in [-0.05, 0) is 38.0 Å². The number of rotatable bonds is 4. The van der Waals surface area contributed by atoms with Gasteiger partial charge in [-0.25, -0.2) is 0 Å². The third-order valence-electron chi connectivity index (χ3n) is 3.38. The average molecular weight is 186 g/mol. The molecule has 0 radical (unpaired) electrons. The molecule has 0 aromatic carbocycles. The van der Waals surface area contributed by atoms with Crippen LogP contribution in [0.3, 0.4) is 0 Å². The van der Waals surface area contributed by atoms with Crippen LogP contribution in [0.2, 0.25) is 0 Å². The lowest BCUT2D eigenvalue weighted by molar-refractivity contribution is 0.0495. The quantitative estimate of drug-likeness (QED) is 0.704. The number of hydrogen-bond donors (Lipinski definition) is 2. The van der Waals surface area contributed by atoms with Gasteiger partial charge in [0.15, 0.2) is 0 Å². The lowest BCUT2D eigenvalue weighted by Crippen LogP contribution is -2.25. The van der Waals surface area contributed by atoms with Gasteiger partial charge in [-0.15, -0.1) is 0 Å². The van der Waals surface area contributed by atoms with Gasteiger partial charge in [0.25, 0.3) is 0 Å². The van der Waals surface area contributed by atoms with Crippen molar-refractivity contribution in [2.24, 2.45) is 11.8 Å². The fourth-order valence-electron chi connectivity index (χ4n) is 2.11. The van der Waals surface area contributed by atoms with Gasteiger partial charge in [0.1, 0.15) is 0 Å². The van der Waals surface area contributed by atoms with Gasteiger partial charge in [0.05, 0.1) is 12.2 Å². The maximum Gasteiger partial charge on any atom is 0.0571 e. The molecule has 0 aromatic heterocycles. The van der Waals surface area contributed by atoms with E-state index in [1.165, 1.54) is 25.7 Å². The molecular weight excluding hydrogens is 164 g/mol. The van der Waals surface area contributed by atoms with E-state index in [1.807, 2.05) is 6.92 Å². The second-order valence-electron chi connectivity index (χ2n) is 4.57. The van der Waals surface area contributed by atoms with E-state index in [2.05, 4.69) is 0 Å². The van der Waals surface area contributed by atoms with Crippen molar-refractivity contribution in [1.29, 1.82) is 0 Å². The Kier molecular flexibility index (Phi) is 4.20. The molecule has 78 valence electrons. The molecule has 1 aliphatic carbocycles. The van der Waals surface area contributed by atoms with E-state index >= 15 is 0 Å². The van der Waals surface area contributed by atoms with Crippen LogP contribution < -0.4 is 0 Å². The minimum absolute atomic E-state index is 0.188. The summed E-state index contributed by atoms with van der Waals surface area (Å²) in [5.74, 6) is 0.719. The SMILES string of the molecule is CC(O)C(C)CC(O)C1CCCC1. The first-order valence-corrected chi connectivity index (χ1v) is 5.47. The number of aliphatic hydroxyl groups is 2. The Morgan fingerprint density at radius 1 is 1.15 bits per heavy atom. The van der Waals surface area contributed by atoms with Crippen molar-refractivity contribution in [2.75, 3.05) is 0 Å². The van der Waals surface area contributed by atoms with Crippen molar-refractivity contribution in [1.82, 2.24) is 0 Å². The van der Waals surface area contributed by atoms with E-state index in [0.717, 1.165) is 6.42 Å². The van der Waals surface area contributed by atoms with Crippen molar-refractivity contribution >= 4 is 0 Å². The number of aliphatic hydroxyl groups excluding tert-OH is 2. The lowest BCUT2D eigenvalue weighted by Gasteiger charge is -2.22. The van der Waals surface area contributed by atoms with Crippen molar-refractivity contribution in [3.63, 3.8) is 0 Å². The minimum Gasteiger partial charge on any atom is -0.393 e. The first-order chi connectivity index (χ1) is 6.11. The molecule has 2 N–H and O–H groups in total. The van der Waals surface area contributed by atoms with Crippen LogP contribution in [-0.4, -0.2) is 22.4 Å². The first-order valence-electron chi connectivity index (χ1n) is 5.47. The average Bonchev–Trinajstić information content (AvgIpc) is 2.55. The van der Waals surface area contributed by atoms with Crippen molar-refractivity contribution < 1.29 is 10.2 Å². The van der Waals surface area contributed by atoms with Crippen molar-refractivity contribution in [2.45, 2.75) is 58.2 Å². The van der Waals surface area contributed by atoms with Crippen LogP contribution in [0.4, 0.5) is 0 Å². The Labute approximate surface area is 81.0 Å². The molecule has 3 unspecified atom stereocenters. The Hall–Kier alpha value is -0.0800. The monoisotopic (exact) mass is 186 g/mol. The maximum atomic E-state index is 9.86. The summed E-state index contributed by atoms with van der Waals surface area (Å²) in [6.45, 7) is 3.80. The molecule has 0 amide bonds. The fourth-order valence-corrected chi connectivity index (χ4v) is 2.11. The summed E-state index contributed by atoms with van der Waals surface area (Å²) in [5.41, 5.74) is 0. The predicted octanol–water partition coefficient (Wildman–Crippen LogP) is 1.94. The summed E-state index contributed by atoms with van der Waals surface area (Å²) < 4.78 is 0. The van der Waals surface area contributed by atoms with Crippen molar-refractivity contribution in [3.8, 4) is 0 Å². The molecule has 0 heterocycles. The summed E-state index contributed by atoms with van der Waals surface area (Å²) in [6, 6.07) is 0. The van der Waals surface area contributed by atoms with E-state index in [1.54, 1.807) is 6.92 Å². The zero-order chi connectivity index (χ0) is 9.84. The summed E-state index contributed by atoms with van der Waals surface area (Å²) in [6.07, 6.45) is 5.16. The van der Waals surface area contributed by atoms with Gasteiger partial charge in [0.2, 0.25) is 0 Å². The topological polar surface area (TPSA) is 40.5 Å². The van der Waals surface area contributed by atoms with E-state index in [-0.39, 0.29) is 18.1 Å². The van der Waals surface area contributed by atoms with Crippen LogP contribution in [0, 0.1) is 11.8 Å². The molecule has 2 nitrogen and oxygen atoms in total. The molecular formula is C11H22O2. The van der Waals surface area contributed by atoms with Crippen LogP contribution in [-0.2, 0) is 0 Å². The highest BCUT2D eigenvalue weighted by Crippen LogP contribution is 2.30. The highest BCUT2D eigenvalue weighted by Gasteiger charge is 2.25. The van der Waals surface area contributed by atoms with Crippen LogP contribution >= 0.6 is 0 Å². The second kappa shape index (κ2) is 4.97. The maximum absolute atomic E-state index is 9.86. The van der Waals surface area contributed by atoms with Crippen LogP contribution in [0.5, 0.6) is 0 Å². The Morgan fingerprint density at radius 2 is 1.69 bits per heavy atom. The normalized spacial score (nSPS) is 25.8. The molecule has 1 rings (SSSR count). The van der Waals surface area contributed by atoms with Gasteiger partial charge in [-0.1, -0.05) is 19.8 Å². The van der Waals surface area contributed by atoms with Gasteiger partial charge >= 0.3 is 0 Å². The van der Waals surface area contributed by atoms with Crippen LogP contribution in [0.1, 0.15) is 46.0 Å². The van der Waals surface area contributed by atoms with Crippen molar-refractivity contribution in [3.05, 3.63) is 0 Å². The Morgan fingerprint density at radius 3 is 2.15 bits per heavy atom. The van der Waals surface area contributed by atoms with E-state index in [9.17, 15) is 10.2 Å². The molecule has 0 spiro atoms. The van der Waals surface area contributed by atoms with E-state index in [0.29, 0.717) is 5.92 Å². The Balaban J connectivity index is 2.26. The summed E-state index contributed by atoms with van der Waals surface area (Å²) in [4.78, 5) is 0. The molecule has 0 saturated heterocycles. The minimum atomic E-state index is -0.295. The van der Waals surface area contributed by atoms with Crippen LogP contribution in [0.15, 0.2) is 0 Å². The Bertz CT molecular complexity index is 139.